The van der Waals surface area contributed by atoms with Gasteiger partial charge in [0, 0.05) is 38.7 Å². The molecule has 0 radical (unpaired) electrons. The Morgan fingerprint density at radius 3 is 1.67 bits per heavy atom. The van der Waals surface area contributed by atoms with E-state index in [1.54, 1.807) is 0 Å². The number of fused-ring (bicyclic) bond motifs is 10. The highest BCUT2D eigenvalue weighted by molar-refractivity contribution is 7.19. The molecular formula is C60H40N2OSi. The highest BCUT2D eigenvalue weighted by Gasteiger charge is 2.41. The molecule has 300 valence electrons. The van der Waals surface area contributed by atoms with Gasteiger partial charge in [0.15, 0.2) is 8.07 Å². The summed E-state index contributed by atoms with van der Waals surface area (Å²) in [7, 11) is -2.95. The standard InChI is InChI=1S/C60H40N2OSi/c1-4-19-41(20-5-1)42-21-18-26-47(39-42)64(44-22-6-2-7-23-44,45-24-8-3-9-25-45)46-37-35-43(36-38-46)61-54-33-16-12-29-50(54)58-55(40-57-59(60(58)61)51-30-13-17-34-56(51)63-57)62-52-31-14-10-27-48(52)49-28-11-15-32-53(49)62/h1-40H/i10D,14D,27D,31D. The normalized spacial score (nSPS) is 12.9. The maximum atomic E-state index is 9.39. The van der Waals surface area contributed by atoms with E-state index in [9.17, 15) is 1.37 Å². The molecule has 0 aliphatic rings. The van der Waals surface area contributed by atoms with Crippen molar-refractivity contribution < 1.29 is 9.90 Å². The lowest BCUT2D eigenvalue weighted by molar-refractivity contribution is 0.669. The lowest BCUT2D eigenvalue weighted by Gasteiger charge is -2.35. The van der Waals surface area contributed by atoms with E-state index in [1.807, 2.05) is 47.0 Å². The highest BCUT2D eigenvalue weighted by atomic mass is 28.3. The van der Waals surface area contributed by atoms with Crippen LogP contribution in [0.1, 0.15) is 5.48 Å². The first-order valence-corrected chi connectivity index (χ1v) is 23.7. The molecule has 4 heteroatoms. The summed E-state index contributed by atoms with van der Waals surface area (Å²) in [5.41, 5.74) is 8.72. The third-order valence-corrected chi connectivity index (χ3v) is 18.0. The van der Waals surface area contributed by atoms with Crippen molar-refractivity contribution in [2.45, 2.75) is 0 Å². The van der Waals surface area contributed by atoms with Gasteiger partial charge in [0.1, 0.15) is 11.2 Å². The summed E-state index contributed by atoms with van der Waals surface area (Å²) in [5, 5.41) is 10.3. The maximum absolute atomic E-state index is 9.39. The van der Waals surface area contributed by atoms with Crippen LogP contribution in [-0.2, 0) is 0 Å². The summed E-state index contributed by atoms with van der Waals surface area (Å²) in [5.74, 6) is 0. The molecule has 3 heterocycles. The van der Waals surface area contributed by atoms with Gasteiger partial charge in [-0.15, -0.1) is 0 Å². The minimum Gasteiger partial charge on any atom is -0.456 e. The number of hydrogen-bond acceptors (Lipinski definition) is 1. The van der Waals surface area contributed by atoms with E-state index in [4.69, 9.17) is 8.53 Å². The third kappa shape index (κ3) is 5.33. The Balaban J connectivity index is 1.13. The van der Waals surface area contributed by atoms with Crippen LogP contribution in [0.4, 0.5) is 0 Å². The van der Waals surface area contributed by atoms with Gasteiger partial charge in [0.2, 0.25) is 0 Å². The predicted molar refractivity (Wildman–Crippen MR) is 271 cm³/mol. The van der Waals surface area contributed by atoms with E-state index in [1.165, 1.54) is 31.9 Å². The van der Waals surface area contributed by atoms with Gasteiger partial charge in [-0.1, -0.05) is 200 Å². The largest absolute Gasteiger partial charge is 0.456 e. The summed E-state index contributed by atoms with van der Waals surface area (Å²) in [6, 6.07) is 76.9. The molecular weight excluding hydrogens is 793 g/mol. The quantitative estimate of drug-likeness (QED) is 0.116. The molecule has 0 unspecified atom stereocenters. The summed E-state index contributed by atoms with van der Waals surface area (Å²) in [6.07, 6.45) is 0. The lowest BCUT2D eigenvalue weighted by Crippen LogP contribution is -2.74. The molecule has 0 bridgehead atoms. The summed E-state index contributed by atoms with van der Waals surface area (Å²) < 4.78 is 47.3. The molecule has 0 N–H and O–H groups in total. The van der Waals surface area contributed by atoms with Gasteiger partial charge in [0.25, 0.3) is 0 Å². The number of nitrogens with zero attached hydrogens (tertiary/aromatic N) is 2. The molecule has 0 atom stereocenters. The Morgan fingerprint density at radius 2 is 0.938 bits per heavy atom. The van der Waals surface area contributed by atoms with E-state index >= 15 is 0 Å². The Hall–Kier alpha value is -8.18. The second-order valence-corrected chi connectivity index (χ2v) is 20.3. The summed E-state index contributed by atoms with van der Waals surface area (Å²) >= 11 is 0. The van der Waals surface area contributed by atoms with Crippen molar-refractivity contribution in [3.05, 3.63) is 243 Å². The van der Waals surface area contributed by atoms with Crippen LogP contribution in [-0.4, -0.2) is 17.2 Å². The van der Waals surface area contributed by atoms with Crippen LogP contribution in [0.3, 0.4) is 0 Å². The molecule has 0 spiro atoms. The number of para-hydroxylation sites is 4. The first-order chi connectivity index (χ1) is 33.4. The second kappa shape index (κ2) is 14.5. The molecule has 13 aromatic rings. The van der Waals surface area contributed by atoms with Crippen LogP contribution in [0.25, 0.3) is 88.1 Å². The number of rotatable bonds is 7. The number of hydrogen-bond donors (Lipinski definition) is 0. The summed E-state index contributed by atoms with van der Waals surface area (Å²) in [4.78, 5) is 0. The molecule has 0 aliphatic heterocycles. The smallest absolute Gasteiger partial charge is 0.179 e. The van der Waals surface area contributed by atoms with Gasteiger partial charge in [0.05, 0.1) is 38.6 Å². The fourth-order valence-electron chi connectivity index (χ4n) is 10.5. The molecule has 13 rings (SSSR count). The van der Waals surface area contributed by atoms with Crippen molar-refractivity contribution in [1.82, 2.24) is 9.13 Å². The molecule has 0 saturated heterocycles. The minimum absolute atomic E-state index is 0.0584. The molecule has 3 aromatic heterocycles. The fourth-order valence-corrected chi connectivity index (χ4v) is 15.3. The Bertz CT molecular complexity index is 4090. The average Bonchev–Trinajstić information content (AvgIpc) is 4.07. The Morgan fingerprint density at radius 1 is 0.375 bits per heavy atom. The van der Waals surface area contributed by atoms with Gasteiger partial charge < -0.3 is 13.6 Å². The first-order valence-electron chi connectivity index (χ1n) is 23.7. The Kier molecular flexibility index (Phi) is 7.34. The number of aromatic nitrogens is 2. The number of furan rings is 1. The zero-order valence-electron chi connectivity index (χ0n) is 38.6. The molecule has 10 aromatic carbocycles. The van der Waals surface area contributed by atoms with Crippen molar-refractivity contribution in [3.63, 3.8) is 0 Å². The summed E-state index contributed by atoms with van der Waals surface area (Å²) in [6.45, 7) is 0. The third-order valence-electron chi connectivity index (χ3n) is 13.2. The maximum Gasteiger partial charge on any atom is 0.179 e. The van der Waals surface area contributed by atoms with Gasteiger partial charge in [-0.25, -0.2) is 0 Å². The van der Waals surface area contributed by atoms with Crippen molar-refractivity contribution in [2.75, 3.05) is 0 Å². The molecule has 0 aliphatic carbocycles. The lowest BCUT2D eigenvalue weighted by atomic mass is 10.1. The van der Waals surface area contributed by atoms with E-state index < -0.39 is 8.07 Å². The van der Waals surface area contributed by atoms with Gasteiger partial charge in [-0.05, 0) is 68.2 Å². The molecule has 0 fully saturated rings. The average molecular weight is 837 g/mol. The zero-order chi connectivity index (χ0) is 45.7. The first kappa shape index (κ1) is 32.5. The van der Waals surface area contributed by atoms with Crippen molar-refractivity contribution >= 4 is 94.4 Å². The monoisotopic (exact) mass is 836 g/mol. The number of benzene rings is 10. The minimum atomic E-state index is -2.95. The zero-order valence-corrected chi connectivity index (χ0v) is 35.6. The van der Waals surface area contributed by atoms with Gasteiger partial charge in [-0.2, -0.15) is 0 Å². The van der Waals surface area contributed by atoms with E-state index in [0.29, 0.717) is 16.5 Å². The van der Waals surface area contributed by atoms with Gasteiger partial charge in [-0.3, -0.25) is 0 Å². The molecule has 3 nitrogen and oxygen atoms in total. The highest BCUT2D eigenvalue weighted by Crippen LogP contribution is 2.45. The van der Waals surface area contributed by atoms with Crippen LogP contribution in [0, 0.1) is 0 Å². The van der Waals surface area contributed by atoms with Crippen LogP contribution in [0.2, 0.25) is 0 Å². The van der Waals surface area contributed by atoms with Crippen LogP contribution < -0.4 is 20.7 Å². The van der Waals surface area contributed by atoms with E-state index in [0.717, 1.165) is 60.4 Å². The SMILES string of the molecule is [2H]c1c([2H])c([2H])c2c(c1[2H])c1ccccc1n2-c1cc2oc3ccccc3c2c2c1c1ccccc1n2-c1ccc([Si](c2ccccc2)(c2ccccc2)c2cccc(-c3ccccc3)c2)cc1. The Labute approximate surface area is 376 Å². The van der Waals surface area contributed by atoms with Crippen molar-refractivity contribution in [1.29, 1.82) is 0 Å². The molecule has 0 saturated carbocycles. The van der Waals surface area contributed by atoms with Gasteiger partial charge >= 0.3 is 0 Å². The van der Waals surface area contributed by atoms with Crippen LogP contribution in [0.5, 0.6) is 0 Å². The van der Waals surface area contributed by atoms with Crippen molar-refractivity contribution in [3.8, 4) is 22.5 Å². The van der Waals surface area contributed by atoms with Crippen molar-refractivity contribution in [2.24, 2.45) is 0 Å². The fraction of sp³-hybridized carbons (Fsp3) is 0. The predicted octanol–water partition coefficient (Wildman–Crippen LogP) is 12.8. The molecule has 0 amide bonds. The van der Waals surface area contributed by atoms with E-state index in [-0.39, 0.29) is 24.2 Å². The van der Waals surface area contributed by atoms with E-state index in [2.05, 4.69) is 180 Å². The van der Waals surface area contributed by atoms with Crippen LogP contribution >= 0.6 is 0 Å². The molecule has 64 heavy (non-hydrogen) atoms. The van der Waals surface area contributed by atoms with Crippen LogP contribution in [0.15, 0.2) is 247 Å². The second-order valence-electron chi connectivity index (χ2n) is 16.5. The topological polar surface area (TPSA) is 23.0 Å².